The van der Waals surface area contributed by atoms with Crippen LogP contribution in [0.25, 0.3) is 0 Å². The summed E-state index contributed by atoms with van der Waals surface area (Å²) in [5.41, 5.74) is 1.32. The number of amides is 2. The Labute approximate surface area is 158 Å². The molecule has 0 N–H and O–H groups in total. The van der Waals surface area contributed by atoms with Crippen molar-refractivity contribution in [3.05, 3.63) is 102 Å². The Morgan fingerprint density at radius 2 is 1.15 bits per heavy atom. The number of nitrogens with zero attached hydrogens (tertiary/aromatic N) is 1. The van der Waals surface area contributed by atoms with Crippen molar-refractivity contribution < 1.29 is 9.59 Å². The summed E-state index contributed by atoms with van der Waals surface area (Å²) in [6.07, 6.45) is 0. The minimum absolute atomic E-state index is 0.110. The molecule has 3 aromatic rings. The van der Waals surface area contributed by atoms with E-state index >= 15 is 0 Å². The van der Waals surface area contributed by atoms with Crippen molar-refractivity contribution in [1.82, 2.24) is 0 Å². The van der Waals surface area contributed by atoms with Crippen LogP contribution in [-0.4, -0.2) is 11.8 Å². The molecule has 3 nitrogen and oxygen atoms in total. The zero-order valence-corrected chi connectivity index (χ0v) is 15.0. The maximum atomic E-state index is 13.5. The van der Waals surface area contributed by atoms with Gasteiger partial charge in [0.25, 0.3) is 0 Å². The van der Waals surface area contributed by atoms with Crippen LogP contribution in [0, 0.1) is 11.3 Å². The van der Waals surface area contributed by atoms with Crippen molar-refractivity contribution in [2.24, 2.45) is 11.3 Å². The van der Waals surface area contributed by atoms with E-state index in [1.807, 2.05) is 97.9 Å². The van der Waals surface area contributed by atoms with Crippen LogP contribution < -0.4 is 4.90 Å². The number of piperidine rings is 1. The van der Waals surface area contributed by atoms with Crippen LogP contribution in [0.15, 0.2) is 91.0 Å². The van der Waals surface area contributed by atoms with Gasteiger partial charge < -0.3 is 0 Å². The third-order valence-corrected chi connectivity index (χ3v) is 6.33. The first-order chi connectivity index (χ1) is 13.1. The van der Waals surface area contributed by atoms with Gasteiger partial charge in [0.15, 0.2) is 0 Å². The van der Waals surface area contributed by atoms with E-state index < -0.39 is 10.8 Å². The van der Waals surface area contributed by atoms with Gasteiger partial charge in [0.1, 0.15) is 0 Å². The van der Waals surface area contributed by atoms with Gasteiger partial charge in [-0.25, -0.2) is 4.90 Å². The number of imide groups is 1. The van der Waals surface area contributed by atoms with E-state index in [0.29, 0.717) is 5.69 Å². The molecule has 0 spiro atoms. The van der Waals surface area contributed by atoms with Gasteiger partial charge in [0.2, 0.25) is 11.8 Å². The fourth-order valence-corrected chi connectivity index (χ4v) is 5.13. The van der Waals surface area contributed by atoms with Crippen LogP contribution in [0.5, 0.6) is 0 Å². The normalized spacial score (nSPS) is 25.4. The number of anilines is 1. The molecule has 1 saturated heterocycles. The van der Waals surface area contributed by atoms with Gasteiger partial charge in [-0.05, 0) is 30.2 Å². The molecule has 27 heavy (non-hydrogen) atoms. The molecular weight excluding hydrogens is 334 g/mol. The number of benzene rings is 3. The quantitative estimate of drug-likeness (QED) is 0.663. The molecule has 2 fully saturated rings. The molecule has 2 amide bonds. The van der Waals surface area contributed by atoms with Crippen molar-refractivity contribution in [3.8, 4) is 0 Å². The predicted molar refractivity (Wildman–Crippen MR) is 104 cm³/mol. The first-order valence-corrected chi connectivity index (χ1v) is 9.18. The lowest BCUT2D eigenvalue weighted by Gasteiger charge is -2.29. The fourth-order valence-electron chi connectivity index (χ4n) is 5.13. The van der Waals surface area contributed by atoms with Crippen molar-refractivity contribution in [1.29, 1.82) is 0 Å². The number of rotatable bonds is 3. The lowest BCUT2D eigenvalue weighted by molar-refractivity contribution is -0.125. The van der Waals surface area contributed by atoms with E-state index in [1.165, 1.54) is 4.90 Å². The van der Waals surface area contributed by atoms with Gasteiger partial charge in [-0.2, -0.15) is 0 Å². The van der Waals surface area contributed by atoms with Crippen LogP contribution >= 0.6 is 0 Å². The highest BCUT2D eigenvalue weighted by atomic mass is 16.2. The minimum atomic E-state index is -0.775. The molecule has 2 aliphatic rings. The SMILES string of the molecule is C[C@]12C(=O)N(c3ccccc3)C(=O)[C@H]1C2(c1ccccc1)c1ccccc1. The van der Waals surface area contributed by atoms with Gasteiger partial charge in [-0.3, -0.25) is 9.59 Å². The van der Waals surface area contributed by atoms with E-state index in [2.05, 4.69) is 0 Å². The largest absolute Gasteiger partial charge is 0.274 e. The smallest absolute Gasteiger partial charge is 0.241 e. The Morgan fingerprint density at radius 3 is 1.56 bits per heavy atom. The highest BCUT2D eigenvalue weighted by Crippen LogP contribution is 2.76. The molecule has 1 saturated carbocycles. The Bertz CT molecular complexity index is 990. The fraction of sp³-hybridized carbons (Fsp3) is 0.167. The van der Waals surface area contributed by atoms with Crippen LogP contribution in [0.1, 0.15) is 18.1 Å². The Kier molecular flexibility index (Phi) is 3.20. The van der Waals surface area contributed by atoms with E-state index in [0.717, 1.165) is 11.1 Å². The maximum Gasteiger partial charge on any atom is 0.241 e. The zero-order valence-electron chi connectivity index (χ0n) is 15.0. The average Bonchev–Trinajstić information content (AvgIpc) is 3.25. The second kappa shape index (κ2) is 5.40. The van der Waals surface area contributed by atoms with Crippen molar-refractivity contribution in [2.75, 3.05) is 4.90 Å². The van der Waals surface area contributed by atoms with Crippen molar-refractivity contribution >= 4 is 17.5 Å². The molecular formula is C24H19NO2. The second-order valence-electron chi connectivity index (χ2n) is 7.49. The Hall–Kier alpha value is -3.20. The number of para-hydroxylation sites is 1. The molecule has 0 bridgehead atoms. The van der Waals surface area contributed by atoms with Crippen LogP contribution in [0.3, 0.4) is 0 Å². The molecule has 1 aliphatic heterocycles. The molecule has 1 heterocycles. The van der Waals surface area contributed by atoms with Gasteiger partial charge in [-0.1, -0.05) is 78.9 Å². The Morgan fingerprint density at radius 1 is 0.704 bits per heavy atom. The summed E-state index contributed by atoms with van der Waals surface area (Å²) in [6.45, 7) is 1.95. The molecule has 5 rings (SSSR count). The van der Waals surface area contributed by atoms with Gasteiger partial charge in [-0.15, -0.1) is 0 Å². The van der Waals surface area contributed by atoms with Gasteiger partial charge >= 0.3 is 0 Å². The highest BCUT2D eigenvalue weighted by molar-refractivity contribution is 6.29. The van der Waals surface area contributed by atoms with Crippen LogP contribution in [0.4, 0.5) is 5.69 Å². The van der Waals surface area contributed by atoms with Gasteiger partial charge in [0, 0.05) is 5.41 Å². The van der Waals surface area contributed by atoms with Crippen LogP contribution in [0.2, 0.25) is 0 Å². The number of fused-ring (bicyclic) bond motifs is 1. The first-order valence-electron chi connectivity index (χ1n) is 9.18. The molecule has 0 radical (unpaired) electrons. The third kappa shape index (κ3) is 1.81. The summed E-state index contributed by atoms with van der Waals surface area (Å²) in [5, 5.41) is 0. The van der Waals surface area contributed by atoms with E-state index in [1.54, 1.807) is 0 Å². The second-order valence-corrected chi connectivity index (χ2v) is 7.49. The van der Waals surface area contributed by atoms with E-state index in [9.17, 15) is 9.59 Å². The predicted octanol–water partition coefficient (Wildman–Crippen LogP) is 4.18. The number of hydrogen-bond donors (Lipinski definition) is 0. The van der Waals surface area contributed by atoms with E-state index in [-0.39, 0.29) is 17.7 Å². The topological polar surface area (TPSA) is 37.4 Å². The van der Waals surface area contributed by atoms with E-state index in [4.69, 9.17) is 0 Å². The molecule has 0 unspecified atom stereocenters. The van der Waals surface area contributed by atoms with Crippen molar-refractivity contribution in [2.45, 2.75) is 12.3 Å². The molecule has 3 aromatic carbocycles. The summed E-state index contributed by atoms with van der Waals surface area (Å²) >= 11 is 0. The number of carbonyl (C=O) groups is 2. The Balaban J connectivity index is 1.70. The molecule has 1 aliphatic carbocycles. The molecule has 2 atom stereocenters. The highest BCUT2D eigenvalue weighted by Gasteiger charge is 2.86. The summed E-state index contributed by atoms with van der Waals surface area (Å²) in [5.74, 6) is -0.611. The summed E-state index contributed by atoms with van der Waals surface area (Å²) in [7, 11) is 0. The first kappa shape index (κ1) is 16.0. The van der Waals surface area contributed by atoms with Crippen LogP contribution in [-0.2, 0) is 15.0 Å². The summed E-state index contributed by atoms with van der Waals surface area (Å²) in [4.78, 5) is 28.3. The zero-order chi connectivity index (χ0) is 18.6. The lowest BCUT2D eigenvalue weighted by atomic mass is 9.79. The standard InChI is InChI=1S/C24H19NO2/c1-23-20(21(26)25(22(23)27)19-15-9-4-10-16-19)24(23,17-11-5-2-6-12-17)18-13-7-3-8-14-18/h2-16,20H,1H3/t20-,23-/m1/s1. The minimum Gasteiger partial charge on any atom is -0.274 e. The van der Waals surface area contributed by atoms with Gasteiger partial charge in [0.05, 0.1) is 17.0 Å². The monoisotopic (exact) mass is 353 g/mol. The lowest BCUT2D eigenvalue weighted by Crippen LogP contribution is -2.42. The molecule has 132 valence electrons. The van der Waals surface area contributed by atoms with Crippen molar-refractivity contribution in [3.63, 3.8) is 0 Å². The summed E-state index contributed by atoms with van der Waals surface area (Å²) in [6, 6.07) is 29.2. The average molecular weight is 353 g/mol. The number of carbonyl (C=O) groups excluding carboxylic acids is 2. The number of hydrogen-bond acceptors (Lipinski definition) is 2. The third-order valence-electron chi connectivity index (χ3n) is 6.33. The molecule has 3 heteroatoms. The summed E-state index contributed by atoms with van der Waals surface area (Å²) < 4.78 is 0. The molecule has 0 aromatic heterocycles. The maximum absolute atomic E-state index is 13.5.